The van der Waals surface area contributed by atoms with Gasteiger partial charge in [-0.2, -0.15) is 5.10 Å². The molecule has 152 valence electrons. The predicted molar refractivity (Wildman–Crippen MR) is 102 cm³/mol. The van der Waals surface area contributed by atoms with Gasteiger partial charge in [-0.05, 0) is 19.4 Å². The average Bonchev–Trinajstić information content (AvgIpc) is 3.14. The molecule has 2 N–H and O–H groups in total. The number of aliphatic hydroxyl groups is 1. The number of ether oxygens (including phenoxy) is 1. The highest BCUT2D eigenvalue weighted by atomic mass is 19.1. The van der Waals surface area contributed by atoms with Gasteiger partial charge in [-0.15, -0.1) is 0 Å². The van der Waals surface area contributed by atoms with E-state index in [1.807, 2.05) is 6.07 Å². The number of aromatic nitrogens is 2. The lowest BCUT2D eigenvalue weighted by molar-refractivity contribution is 0.0470. The fourth-order valence-electron chi connectivity index (χ4n) is 3.63. The van der Waals surface area contributed by atoms with E-state index in [1.165, 1.54) is 6.07 Å². The molecule has 1 aromatic carbocycles. The maximum absolute atomic E-state index is 14.0. The number of hydrogen-bond acceptors (Lipinski definition) is 6. The number of benzene rings is 1. The van der Waals surface area contributed by atoms with Gasteiger partial charge in [-0.25, -0.2) is 9.18 Å². The number of halogens is 1. The van der Waals surface area contributed by atoms with E-state index >= 15 is 0 Å². The minimum atomic E-state index is -0.403. The van der Waals surface area contributed by atoms with Crippen LogP contribution in [0.25, 0.3) is 0 Å². The van der Waals surface area contributed by atoms with Crippen molar-refractivity contribution in [2.45, 2.75) is 32.5 Å². The molecular weight excluding hydrogens is 363 g/mol. The Morgan fingerprint density at radius 1 is 1.32 bits per heavy atom. The first-order valence-electron chi connectivity index (χ1n) is 9.62. The summed E-state index contributed by atoms with van der Waals surface area (Å²) in [5, 5.41) is 16.2. The molecule has 0 radical (unpaired) electrons. The van der Waals surface area contributed by atoms with Gasteiger partial charge < -0.3 is 9.84 Å². The van der Waals surface area contributed by atoms with E-state index in [9.17, 15) is 14.3 Å². The van der Waals surface area contributed by atoms with E-state index in [0.717, 1.165) is 25.2 Å². The summed E-state index contributed by atoms with van der Waals surface area (Å²) < 4.78 is 19.1. The van der Waals surface area contributed by atoms with E-state index in [-0.39, 0.29) is 18.5 Å². The highest BCUT2D eigenvalue weighted by Gasteiger charge is 2.28. The van der Waals surface area contributed by atoms with E-state index in [4.69, 9.17) is 4.74 Å². The molecule has 0 bridgehead atoms. The molecule has 1 fully saturated rings. The summed E-state index contributed by atoms with van der Waals surface area (Å²) in [6, 6.07) is 6.91. The Labute approximate surface area is 164 Å². The predicted octanol–water partition coefficient (Wildman–Crippen LogP) is 1.79. The second-order valence-electron chi connectivity index (χ2n) is 6.95. The molecule has 1 atom stereocenters. The molecule has 1 unspecified atom stereocenters. The van der Waals surface area contributed by atoms with Gasteiger partial charge in [-0.3, -0.25) is 14.9 Å². The van der Waals surface area contributed by atoms with Gasteiger partial charge >= 0.3 is 5.97 Å². The van der Waals surface area contributed by atoms with E-state index in [2.05, 4.69) is 20.0 Å². The molecule has 2 heterocycles. The molecule has 0 spiro atoms. The van der Waals surface area contributed by atoms with Gasteiger partial charge in [0.2, 0.25) is 0 Å². The molecule has 0 amide bonds. The molecule has 0 saturated carbocycles. The molecule has 1 aromatic heterocycles. The van der Waals surface area contributed by atoms with Crippen LogP contribution in [0.15, 0.2) is 30.5 Å². The van der Waals surface area contributed by atoms with E-state index in [0.29, 0.717) is 37.4 Å². The fraction of sp³-hybridized carbons (Fsp3) is 0.500. The van der Waals surface area contributed by atoms with Crippen molar-refractivity contribution in [3.05, 3.63) is 53.1 Å². The van der Waals surface area contributed by atoms with Crippen LogP contribution in [-0.4, -0.2) is 70.0 Å². The maximum Gasteiger partial charge on any atom is 0.356 e. The molecule has 28 heavy (non-hydrogen) atoms. The van der Waals surface area contributed by atoms with Crippen LogP contribution in [0.5, 0.6) is 0 Å². The van der Waals surface area contributed by atoms with Crippen LogP contribution in [0.3, 0.4) is 0 Å². The minimum absolute atomic E-state index is 0.0755. The Hall–Kier alpha value is -2.29. The number of esters is 1. The first kappa shape index (κ1) is 20.4. The number of H-pyrrole nitrogens is 1. The summed E-state index contributed by atoms with van der Waals surface area (Å²) in [5.41, 5.74) is 1.84. The van der Waals surface area contributed by atoms with Gasteiger partial charge in [0.25, 0.3) is 0 Å². The summed E-state index contributed by atoms with van der Waals surface area (Å²) in [6.07, 6.45) is 2.26. The average molecular weight is 390 g/mol. The minimum Gasteiger partial charge on any atom is -0.461 e. The number of carbonyl (C=O) groups is 1. The lowest BCUT2D eigenvalue weighted by Crippen LogP contribution is -2.52. The van der Waals surface area contributed by atoms with Gasteiger partial charge in [0, 0.05) is 56.5 Å². The van der Waals surface area contributed by atoms with Gasteiger partial charge in [0.15, 0.2) is 0 Å². The van der Waals surface area contributed by atoms with Crippen LogP contribution in [0.2, 0.25) is 0 Å². The first-order chi connectivity index (χ1) is 13.6. The van der Waals surface area contributed by atoms with Crippen LogP contribution < -0.4 is 0 Å². The third-order valence-electron chi connectivity index (χ3n) is 5.07. The molecule has 8 heteroatoms. The number of aliphatic hydroxyl groups excluding tert-OH is 1. The Balaban J connectivity index is 1.65. The Morgan fingerprint density at radius 3 is 2.89 bits per heavy atom. The Kier molecular flexibility index (Phi) is 7.13. The molecule has 1 aliphatic heterocycles. The lowest BCUT2D eigenvalue weighted by atomic mass is 10.1. The van der Waals surface area contributed by atoms with Crippen molar-refractivity contribution < 1.29 is 19.0 Å². The van der Waals surface area contributed by atoms with Crippen LogP contribution in [-0.2, 0) is 17.8 Å². The summed E-state index contributed by atoms with van der Waals surface area (Å²) in [4.78, 5) is 16.5. The number of rotatable bonds is 8. The second kappa shape index (κ2) is 9.77. The van der Waals surface area contributed by atoms with Gasteiger partial charge in [-0.1, -0.05) is 18.2 Å². The molecular formula is C20H27FN4O3. The van der Waals surface area contributed by atoms with Crippen LogP contribution in [0.1, 0.15) is 35.0 Å². The van der Waals surface area contributed by atoms with Crippen molar-refractivity contribution in [2.75, 3.05) is 32.8 Å². The molecule has 2 aromatic rings. The maximum atomic E-state index is 14.0. The molecule has 3 rings (SSSR count). The Morgan fingerprint density at radius 2 is 2.14 bits per heavy atom. The van der Waals surface area contributed by atoms with Gasteiger partial charge in [0.1, 0.15) is 11.5 Å². The fourth-order valence-corrected chi connectivity index (χ4v) is 3.63. The largest absolute Gasteiger partial charge is 0.461 e. The van der Waals surface area contributed by atoms with E-state index in [1.54, 1.807) is 25.3 Å². The zero-order valence-electron chi connectivity index (χ0n) is 16.1. The van der Waals surface area contributed by atoms with Crippen molar-refractivity contribution in [2.24, 2.45) is 0 Å². The van der Waals surface area contributed by atoms with Crippen molar-refractivity contribution in [1.82, 2.24) is 20.0 Å². The summed E-state index contributed by atoms with van der Waals surface area (Å²) in [6.45, 7) is 5.50. The number of nitrogens with zero attached hydrogens (tertiary/aromatic N) is 3. The summed E-state index contributed by atoms with van der Waals surface area (Å²) in [7, 11) is 0. The van der Waals surface area contributed by atoms with Gasteiger partial charge in [0.05, 0.1) is 12.8 Å². The topological polar surface area (TPSA) is 81.7 Å². The number of carbonyl (C=O) groups excluding carboxylic acids is 1. The number of nitrogens with one attached hydrogen (secondary N) is 1. The van der Waals surface area contributed by atoms with Crippen molar-refractivity contribution in [1.29, 1.82) is 0 Å². The molecule has 0 aliphatic carbocycles. The smallest absolute Gasteiger partial charge is 0.356 e. The van der Waals surface area contributed by atoms with Crippen LogP contribution in [0.4, 0.5) is 4.39 Å². The summed E-state index contributed by atoms with van der Waals surface area (Å²) in [5.74, 6) is -0.606. The lowest BCUT2D eigenvalue weighted by Gasteiger charge is -2.41. The van der Waals surface area contributed by atoms with E-state index < -0.39 is 5.97 Å². The second-order valence-corrected chi connectivity index (χ2v) is 6.95. The quantitative estimate of drug-likeness (QED) is 0.669. The van der Waals surface area contributed by atoms with Crippen molar-refractivity contribution in [3.63, 3.8) is 0 Å². The monoisotopic (exact) mass is 390 g/mol. The number of piperazine rings is 1. The van der Waals surface area contributed by atoms with Crippen LogP contribution >= 0.6 is 0 Å². The third kappa shape index (κ3) is 4.95. The SMILES string of the molecule is CCOC(=O)c1[nH]ncc1CN1CCN(Cc2ccccc2F)C(CCO)C1. The standard InChI is InChI=1S/C20H27FN4O3/c1-2-28-20(27)19-16(11-22-23-19)12-24-8-9-25(17(14-24)7-10-26)13-15-5-3-4-6-18(15)21/h3-6,11,17,26H,2,7-10,12-14H2,1H3,(H,22,23). The first-order valence-corrected chi connectivity index (χ1v) is 9.62. The third-order valence-corrected chi connectivity index (χ3v) is 5.07. The van der Waals surface area contributed by atoms with Crippen molar-refractivity contribution in [3.8, 4) is 0 Å². The summed E-state index contributed by atoms with van der Waals surface area (Å²) >= 11 is 0. The molecule has 1 aliphatic rings. The highest BCUT2D eigenvalue weighted by Crippen LogP contribution is 2.20. The number of hydrogen-bond donors (Lipinski definition) is 2. The zero-order chi connectivity index (χ0) is 19.9. The molecule has 7 nitrogen and oxygen atoms in total. The molecule has 1 saturated heterocycles. The van der Waals surface area contributed by atoms with Crippen molar-refractivity contribution >= 4 is 5.97 Å². The normalized spacial score (nSPS) is 18.3. The zero-order valence-corrected chi connectivity index (χ0v) is 16.1. The number of aromatic amines is 1. The highest BCUT2D eigenvalue weighted by molar-refractivity contribution is 5.88. The Bertz CT molecular complexity index is 782. The van der Waals surface area contributed by atoms with Crippen LogP contribution in [0, 0.1) is 5.82 Å².